The van der Waals surface area contributed by atoms with E-state index >= 15 is 0 Å². The molecule has 0 fully saturated rings. The van der Waals surface area contributed by atoms with Gasteiger partial charge in [-0.15, -0.1) is 0 Å². The van der Waals surface area contributed by atoms with Crippen LogP contribution in [-0.2, 0) is 14.3 Å². The Morgan fingerprint density at radius 1 is 1.24 bits per heavy atom. The zero-order chi connectivity index (χ0) is 15.9. The maximum absolute atomic E-state index is 11.4. The first kappa shape index (κ1) is 20.3. The molecule has 126 valence electrons. The van der Waals surface area contributed by atoms with Gasteiger partial charge in [-0.3, -0.25) is 4.79 Å². The highest BCUT2D eigenvalue weighted by Gasteiger charge is 2.05. The third-order valence-electron chi connectivity index (χ3n) is 2.92. The van der Waals surface area contributed by atoms with E-state index in [1.54, 1.807) is 7.11 Å². The minimum atomic E-state index is -0.527. The average molecular weight is 304 g/mol. The predicted octanol–water partition coefficient (Wildman–Crippen LogP) is 0.542. The fourth-order valence-electron chi connectivity index (χ4n) is 1.72. The van der Waals surface area contributed by atoms with Gasteiger partial charge >= 0.3 is 0 Å². The van der Waals surface area contributed by atoms with Crippen LogP contribution in [0, 0.1) is 5.92 Å². The maximum atomic E-state index is 11.4. The van der Waals surface area contributed by atoms with E-state index in [1.807, 2.05) is 0 Å². The molecule has 3 N–H and O–H groups in total. The Bertz CT molecular complexity index is 250. The standard InChI is InChI=1S/C15H32N2O4/c1-13(2)5-4-9-21-12-14(18)11-16-7-6-15(19)17-8-10-20-3/h13-14,16,18H,4-12H2,1-3H3,(H,17,19). The molecular weight excluding hydrogens is 272 g/mol. The molecule has 1 unspecified atom stereocenters. The van der Waals surface area contributed by atoms with Crippen molar-refractivity contribution in [2.75, 3.05) is 46.6 Å². The lowest BCUT2D eigenvalue weighted by Gasteiger charge is -2.13. The molecule has 0 saturated heterocycles. The molecule has 0 saturated carbocycles. The molecule has 0 radical (unpaired) electrons. The topological polar surface area (TPSA) is 79.8 Å². The first-order chi connectivity index (χ1) is 10.1. The molecule has 6 heteroatoms. The van der Waals surface area contributed by atoms with Crippen molar-refractivity contribution in [1.29, 1.82) is 0 Å². The molecule has 0 heterocycles. The molecule has 0 spiro atoms. The number of hydrogen-bond donors (Lipinski definition) is 3. The Balaban J connectivity index is 3.33. The minimum absolute atomic E-state index is 0.0148. The van der Waals surface area contributed by atoms with Gasteiger partial charge in [0.05, 0.1) is 19.3 Å². The highest BCUT2D eigenvalue weighted by molar-refractivity contribution is 5.75. The van der Waals surface area contributed by atoms with Crippen molar-refractivity contribution in [2.45, 2.75) is 39.2 Å². The van der Waals surface area contributed by atoms with Crippen LogP contribution in [0.25, 0.3) is 0 Å². The summed E-state index contributed by atoms with van der Waals surface area (Å²) in [4.78, 5) is 11.4. The number of methoxy groups -OCH3 is 1. The highest BCUT2D eigenvalue weighted by atomic mass is 16.5. The monoisotopic (exact) mass is 304 g/mol. The summed E-state index contributed by atoms with van der Waals surface area (Å²) in [5.74, 6) is 0.675. The van der Waals surface area contributed by atoms with E-state index in [4.69, 9.17) is 9.47 Å². The number of ether oxygens (including phenoxy) is 2. The molecule has 1 amide bonds. The third-order valence-corrected chi connectivity index (χ3v) is 2.92. The van der Waals surface area contributed by atoms with Gasteiger partial charge in [-0.05, 0) is 18.8 Å². The lowest BCUT2D eigenvalue weighted by atomic mass is 10.1. The van der Waals surface area contributed by atoms with Gasteiger partial charge in [0.2, 0.25) is 5.91 Å². The second kappa shape index (κ2) is 14.3. The van der Waals surface area contributed by atoms with Crippen molar-refractivity contribution in [3.63, 3.8) is 0 Å². The zero-order valence-electron chi connectivity index (χ0n) is 13.7. The molecule has 0 rings (SSSR count). The second-order valence-corrected chi connectivity index (χ2v) is 5.56. The first-order valence-electron chi connectivity index (χ1n) is 7.78. The van der Waals surface area contributed by atoms with Crippen molar-refractivity contribution >= 4 is 5.91 Å². The van der Waals surface area contributed by atoms with Crippen LogP contribution in [0.5, 0.6) is 0 Å². The van der Waals surface area contributed by atoms with Crippen LogP contribution in [0.4, 0.5) is 0 Å². The SMILES string of the molecule is COCCNC(=O)CCNCC(O)COCCCC(C)C. The van der Waals surface area contributed by atoms with Gasteiger partial charge in [0, 0.05) is 39.8 Å². The van der Waals surface area contributed by atoms with Crippen LogP contribution in [0.2, 0.25) is 0 Å². The number of rotatable bonds is 14. The van der Waals surface area contributed by atoms with E-state index in [1.165, 1.54) is 0 Å². The molecule has 1 atom stereocenters. The van der Waals surface area contributed by atoms with E-state index in [9.17, 15) is 9.90 Å². The molecular formula is C15H32N2O4. The van der Waals surface area contributed by atoms with E-state index in [2.05, 4.69) is 24.5 Å². The highest BCUT2D eigenvalue weighted by Crippen LogP contribution is 2.03. The molecule has 0 aromatic carbocycles. The number of nitrogens with one attached hydrogen (secondary N) is 2. The van der Waals surface area contributed by atoms with Crippen LogP contribution >= 0.6 is 0 Å². The Labute approximate surface area is 128 Å². The summed E-state index contributed by atoms with van der Waals surface area (Å²) < 4.78 is 10.2. The van der Waals surface area contributed by atoms with E-state index in [-0.39, 0.29) is 5.91 Å². The Kier molecular flexibility index (Phi) is 13.8. The van der Waals surface area contributed by atoms with Gasteiger partial charge in [-0.25, -0.2) is 0 Å². The van der Waals surface area contributed by atoms with Gasteiger partial charge in [0.1, 0.15) is 0 Å². The summed E-state index contributed by atoms with van der Waals surface area (Å²) in [5.41, 5.74) is 0. The Hall–Kier alpha value is -0.690. The summed E-state index contributed by atoms with van der Waals surface area (Å²) in [7, 11) is 1.60. The van der Waals surface area contributed by atoms with Crippen molar-refractivity contribution < 1.29 is 19.4 Å². The third kappa shape index (κ3) is 15.5. The van der Waals surface area contributed by atoms with Gasteiger partial charge in [0.25, 0.3) is 0 Å². The lowest BCUT2D eigenvalue weighted by molar-refractivity contribution is -0.121. The predicted molar refractivity (Wildman–Crippen MR) is 83.3 cm³/mol. The molecule has 0 bridgehead atoms. The minimum Gasteiger partial charge on any atom is -0.389 e. The number of carbonyl (C=O) groups is 1. The van der Waals surface area contributed by atoms with Crippen molar-refractivity contribution in [1.82, 2.24) is 10.6 Å². The normalized spacial score (nSPS) is 12.6. The summed E-state index contributed by atoms with van der Waals surface area (Å²) in [5, 5.41) is 15.5. The Morgan fingerprint density at radius 3 is 2.67 bits per heavy atom. The second-order valence-electron chi connectivity index (χ2n) is 5.56. The molecule has 0 aromatic rings. The van der Waals surface area contributed by atoms with Crippen LogP contribution in [0.1, 0.15) is 33.1 Å². The molecule has 0 aliphatic heterocycles. The van der Waals surface area contributed by atoms with Crippen molar-refractivity contribution in [3.05, 3.63) is 0 Å². The number of carbonyl (C=O) groups excluding carboxylic acids is 1. The summed E-state index contributed by atoms with van der Waals surface area (Å²) in [6.45, 7) is 7.43. The quantitative estimate of drug-likeness (QED) is 0.408. The van der Waals surface area contributed by atoms with Crippen LogP contribution < -0.4 is 10.6 Å². The number of aliphatic hydroxyl groups excluding tert-OH is 1. The molecule has 6 nitrogen and oxygen atoms in total. The largest absolute Gasteiger partial charge is 0.389 e. The van der Waals surface area contributed by atoms with Gasteiger partial charge in [0.15, 0.2) is 0 Å². The fraction of sp³-hybridized carbons (Fsp3) is 0.933. The van der Waals surface area contributed by atoms with E-state index in [0.29, 0.717) is 51.8 Å². The lowest BCUT2D eigenvalue weighted by Crippen LogP contribution is -2.34. The van der Waals surface area contributed by atoms with Crippen LogP contribution in [0.15, 0.2) is 0 Å². The van der Waals surface area contributed by atoms with Crippen molar-refractivity contribution in [3.8, 4) is 0 Å². The summed E-state index contributed by atoms with van der Waals surface area (Å²) >= 11 is 0. The van der Waals surface area contributed by atoms with Gasteiger partial charge < -0.3 is 25.2 Å². The summed E-state index contributed by atoms with van der Waals surface area (Å²) in [6.07, 6.45) is 2.04. The number of aliphatic hydroxyl groups is 1. The zero-order valence-corrected chi connectivity index (χ0v) is 13.7. The van der Waals surface area contributed by atoms with Crippen molar-refractivity contribution in [2.24, 2.45) is 5.92 Å². The molecule has 0 aromatic heterocycles. The van der Waals surface area contributed by atoms with Gasteiger partial charge in [-0.2, -0.15) is 0 Å². The summed E-state index contributed by atoms with van der Waals surface area (Å²) in [6, 6.07) is 0. The molecule has 0 aliphatic carbocycles. The van der Waals surface area contributed by atoms with E-state index < -0.39 is 6.10 Å². The smallest absolute Gasteiger partial charge is 0.221 e. The van der Waals surface area contributed by atoms with Crippen LogP contribution in [0.3, 0.4) is 0 Å². The average Bonchev–Trinajstić information content (AvgIpc) is 2.43. The Morgan fingerprint density at radius 2 is 2.00 bits per heavy atom. The molecule has 0 aliphatic rings. The number of amides is 1. The maximum Gasteiger partial charge on any atom is 0.221 e. The van der Waals surface area contributed by atoms with E-state index in [0.717, 1.165) is 12.8 Å². The number of hydrogen-bond acceptors (Lipinski definition) is 5. The molecule has 21 heavy (non-hydrogen) atoms. The van der Waals surface area contributed by atoms with Crippen LogP contribution in [-0.4, -0.2) is 63.7 Å². The fourth-order valence-corrected chi connectivity index (χ4v) is 1.72. The van der Waals surface area contributed by atoms with Gasteiger partial charge in [-0.1, -0.05) is 13.8 Å². The first-order valence-corrected chi connectivity index (χ1v) is 7.78.